The number of pyridine rings is 1. The highest BCUT2D eigenvalue weighted by Crippen LogP contribution is 2.27. The third kappa shape index (κ3) is 9.41. The molecule has 0 bridgehead atoms. The van der Waals surface area contributed by atoms with Gasteiger partial charge in [0.2, 0.25) is 5.91 Å². The van der Waals surface area contributed by atoms with Gasteiger partial charge in [0.1, 0.15) is 5.82 Å². The lowest BCUT2D eigenvalue weighted by atomic mass is 10.1. The van der Waals surface area contributed by atoms with E-state index in [9.17, 15) is 18.0 Å². The lowest BCUT2D eigenvalue weighted by Crippen LogP contribution is -2.55. The first-order valence-electron chi connectivity index (χ1n) is 12.8. The van der Waals surface area contributed by atoms with Crippen LogP contribution in [0.4, 0.5) is 19.0 Å². The molecule has 6 nitrogen and oxygen atoms in total. The molecule has 0 saturated carbocycles. The summed E-state index contributed by atoms with van der Waals surface area (Å²) in [5.74, 6) is 0.546. The van der Waals surface area contributed by atoms with Crippen molar-refractivity contribution in [2.75, 3.05) is 63.8 Å². The summed E-state index contributed by atoms with van der Waals surface area (Å²) in [6.45, 7) is 18.5. The molecule has 3 heterocycles. The van der Waals surface area contributed by atoms with E-state index in [4.69, 9.17) is 0 Å². The number of amides is 1. The second kappa shape index (κ2) is 15.2. The maximum atomic E-state index is 12.9. The summed E-state index contributed by atoms with van der Waals surface area (Å²) in [6.07, 6.45) is -2.59. The SMILES string of the molecule is CC.CC.CCC(C)N1CCN(C(=O)CN2CCN(c3ncccc3CC(F)(F)F)CC2)CC1. The van der Waals surface area contributed by atoms with Gasteiger partial charge in [-0.3, -0.25) is 14.6 Å². The Balaban J connectivity index is 0.00000137. The minimum Gasteiger partial charge on any atom is -0.354 e. The molecule has 0 spiro atoms. The van der Waals surface area contributed by atoms with Crippen LogP contribution < -0.4 is 4.90 Å². The number of hydrogen-bond acceptors (Lipinski definition) is 5. The number of piperazine rings is 2. The number of carbonyl (C=O) groups is 1. The summed E-state index contributed by atoms with van der Waals surface area (Å²) in [7, 11) is 0. The van der Waals surface area contributed by atoms with Crippen LogP contribution in [0.2, 0.25) is 0 Å². The van der Waals surface area contributed by atoms with Gasteiger partial charge in [0.05, 0.1) is 13.0 Å². The van der Waals surface area contributed by atoms with Crippen LogP contribution in [0.15, 0.2) is 18.3 Å². The van der Waals surface area contributed by atoms with Gasteiger partial charge < -0.3 is 9.80 Å². The highest BCUT2D eigenvalue weighted by Gasteiger charge is 2.31. The molecule has 1 unspecified atom stereocenters. The van der Waals surface area contributed by atoms with Crippen molar-refractivity contribution >= 4 is 11.7 Å². The number of nitrogens with zero attached hydrogens (tertiary/aromatic N) is 5. The molecule has 0 aliphatic carbocycles. The van der Waals surface area contributed by atoms with Gasteiger partial charge in [0.15, 0.2) is 0 Å². The molecule has 0 aromatic carbocycles. The van der Waals surface area contributed by atoms with Crippen molar-refractivity contribution in [2.45, 2.75) is 66.6 Å². The third-order valence-corrected chi connectivity index (χ3v) is 6.17. The van der Waals surface area contributed by atoms with Crippen LogP contribution in [0.5, 0.6) is 0 Å². The van der Waals surface area contributed by atoms with E-state index in [0.717, 1.165) is 32.6 Å². The van der Waals surface area contributed by atoms with Gasteiger partial charge in [0, 0.05) is 70.2 Å². The fourth-order valence-corrected chi connectivity index (χ4v) is 4.15. The standard InChI is InChI=1S/C21H32F3N5O.2C2H6/c1-3-17(2)27-11-13-28(14-12-27)19(30)16-26-7-9-29(10-8-26)20-18(5-4-6-25-20)15-21(22,23)24;2*1-2/h4-6,17H,3,7-16H2,1-2H3;2*1-2H3. The number of halogens is 3. The van der Waals surface area contributed by atoms with Gasteiger partial charge >= 0.3 is 6.18 Å². The summed E-state index contributed by atoms with van der Waals surface area (Å²) in [5.41, 5.74) is 0.203. The minimum absolute atomic E-state index is 0.142. The van der Waals surface area contributed by atoms with E-state index >= 15 is 0 Å². The molecule has 2 saturated heterocycles. The third-order valence-electron chi connectivity index (χ3n) is 6.17. The molecule has 2 fully saturated rings. The molecule has 1 amide bonds. The topological polar surface area (TPSA) is 42.9 Å². The van der Waals surface area contributed by atoms with E-state index in [1.54, 1.807) is 6.07 Å². The van der Waals surface area contributed by atoms with Crippen LogP contribution in [-0.4, -0.2) is 96.7 Å². The van der Waals surface area contributed by atoms with Gasteiger partial charge in [-0.25, -0.2) is 4.98 Å². The van der Waals surface area contributed by atoms with Crippen molar-refractivity contribution < 1.29 is 18.0 Å². The van der Waals surface area contributed by atoms with Gasteiger partial charge in [-0.15, -0.1) is 0 Å². The molecular weight excluding hydrogens is 443 g/mol. The number of hydrogen-bond donors (Lipinski definition) is 0. The zero-order chi connectivity index (χ0) is 25.7. The molecule has 1 atom stereocenters. The molecular formula is C25H44F3N5O. The number of alkyl halides is 3. The number of carbonyl (C=O) groups excluding carboxylic acids is 1. The van der Waals surface area contributed by atoms with Crippen molar-refractivity contribution in [2.24, 2.45) is 0 Å². The van der Waals surface area contributed by atoms with Gasteiger partial charge in [-0.05, 0) is 19.4 Å². The van der Waals surface area contributed by atoms with Crippen LogP contribution in [-0.2, 0) is 11.2 Å². The fourth-order valence-electron chi connectivity index (χ4n) is 4.15. The zero-order valence-electron chi connectivity index (χ0n) is 21.9. The Kier molecular flexibility index (Phi) is 13.5. The number of aromatic nitrogens is 1. The Hall–Kier alpha value is -1.87. The van der Waals surface area contributed by atoms with E-state index in [2.05, 4.69) is 28.6 Å². The Labute approximate surface area is 204 Å². The van der Waals surface area contributed by atoms with Crippen LogP contribution in [0.1, 0.15) is 53.5 Å². The summed E-state index contributed by atoms with van der Waals surface area (Å²) in [6, 6.07) is 3.58. The molecule has 3 rings (SSSR count). The first-order valence-corrected chi connectivity index (χ1v) is 12.8. The van der Waals surface area contributed by atoms with E-state index in [1.807, 2.05) is 37.5 Å². The average Bonchev–Trinajstić information content (AvgIpc) is 2.86. The second-order valence-corrected chi connectivity index (χ2v) is 8.22. The van der Waals surface area contributed by atoms with E-state index in [1.165, 1.54) is 12.3 Å². The van der Waals surface area contributed by atoms with E-state index in [-0.39, 0.29) is 11.5 Å². The van der Waals surface area contributed by atoms with Crippen molar-refractivity contribution in [3.05, 3.63) is 23.9 Å². The Morgan fingerprint density at radius 3 is 2.12 bits per heavy atom. The summed E-state index contributed by atoms with van der Waals surface area (Å²) < 4.78 is 38.6. The molecule has 0 radical (unpaired) electrons. The van der Waals surface area contributed by atoms with Crippen molar-refractivity contribution in [1.82, 2.24) is 19.7 Å². The smallest absolute Gasteiger partial charge is 0.354 e. The fraction of sp³-hybridized carbons (Fsp3) is 0.760. The van der Waals surface area contributed by atoms with Crippen LogP contribution in [0, 0.1) is 0 Å². The largest absolute Gasteiger partial charge is 0.393 e. The van der Waals surface area contributed by atoms with Gasteiger partial charge in [-0.2, -0.15) is 13.2 Å². The normalized spacial score (nSPS) is 18.4. The summed E-state index contributed by atoms with van der Waals surface area (Å²) in [5, 5.41) is 0. The highest BCUT2D eigenvalue weighted by atomic mass is 19.4. The Morgan fingerprint density at radius 1 is 1.00 bits per heavy atom. The van der Waals surface area contributed by atoms with Gasteiger partial charge in [-0.1, -0.05) is 40.7 Å². The summed E-state index contributed by atoms with van der Waals surface area (Å²) >= 11 is 0. The first-order chi connectivity index (χ1) is 16.3. The van der Waals surface area contributed by atoms with Gasteiger partial charge in [0.25, 0.3) is 0 Å². The molecule has 9 heteroatoms. The molecule has 0 N–H and O–H groups in total. The summed E-state index contributed by atoms with van der Waals surface area (Å²) in [4.78, 5) is 25.2. The molecule has 2 aliphatic rings. The first kappa shape index (κ1) is 30.2. The number of rotatable bonds is 6. The predicted molar refractivity (Wildman–Crippen MR) is 133 cm³/mol. The van der Waals surface area contributed by atoms with Crippen LogP contribution in [0.25, 0.3) is 0 Å². The zero-order valence-corrected chi connectivity index (χ0v) is 21.9. The lowest BCUT2D eigenvalue weighted by Gasteiger charge is -2.40. The minimum atomic E-state index is -4.26. The van der Waals surface area contributed by atoms with E-state index in [0.29, 0.717) is 44.6 Å². The van der Waals surface area contributed by atoms with Crippen molar-refractivity contribution in [1.29, 1.82) is 0 Å². The second-order valence-electron chi connectivity index (χ2n) is 8.22. The molecule has 1 aromatic rings. The van der Waals surface area contributed by atoms with Crippen LogP contribution >= 0.6 is 0 Å². The van der Waals surface area contributed by atoms with Crippen molar-refractivity contribution in [3.8, 4) is 0 Å². The number of anilines is 1. The van der Waals surface area contributed by atoms with E-state index < -0.39 is 12.6 Å². The molecule has 34 heavy (non-hydrogen) atoms. The van der Waals surface area contributed by atoms with Crippen molar-refractivity contribution in [3.63, 3.8) is 0 Å². The lowest BCUT2D eigenvalue weighted by molar-refractivity contribution is -0.134. The van der Waals surface area contributed by atoms with Crippen LogP contribution in [0.3, 0.4) is 0 Å². The maximum Gasteiger partial charge on any atom is 0.393 e. The quantitative estimate of drug-likeness (QED) is 0.599. The highest BCUT2D eigenvalue weighted by molar-refractivity contribution is 5.78. The average molecular weight is 488 g/mol. The molecule has 1 aromatic heterocycles. The molecule has 2 aliphatic heterocycles. The predicted octanol–water partition coefficient (Wildman–Crippen LogP) is 4.30. The Bertz CT molecular complexity index is 700. The molecule has 196 valence electrons. The Morgan fingerprint density at radius 2 is 1.59 bits per heavy atom. The maximum absolute atomic E-state index is 12.9. The monoisotopic (exact) mass is 487 g/mol.